The Hall–Kier alpha value is -2.98. The number of carbonyl (C=O) groups is 4. The van der Waals surface area contributed by atoms with Crippen LogP contribution in [-0.4, -0.2) is 72.7 Å². The van der Waals surface area contributed by atoms with Gasteiger partial charge in [-0.3, -0.25) is 0 Å². The average molecular weight is 400 g/mol. The van der Waals surface area contributed by atoms with E-state index in [9.17, 15) is 29.4 Å². The van der Waals surface area contributed by atoms with E-state index < -0.39 is 62.5 Å². The number of hydrogen-bond donors (Lipinski definition) is 2. The minimum Gasteiger partial charge on any atom is -0.460 e. The standard InChI is InChI=1S/C18H24O10/c1-5-15(21)25-7-13(19)9-27-17(23)11(3)12(4)18(24)28-10-14(20)8-26-16(22)6-2/h5-6,13-14,19-20H,1-2,7-10H2,3-4H3/b12-11-. The molecule has 0 saturated carbocycles. The molecule has 0 aromatic carbocycles. The van der Waals surface area contributed by atoms with Crippen molar-refractivity contribution in [3.05, 3.63) is 36.5 Å². The predicted octanol–water partition coefficient (Wildman–Crippen LogP) is -0.411. The summed E-state index contributed by atoms with van der Waals surface area (Å²) in [6.07, 6.45) is -0.662. The minimum atomic E-state index is -1.25. The fraction of sp³-hybridized carbons (Fsp3) is 0.444. The van der Waals surface area contributed by atoms with Crippen LogP contribution in [0.2, 0.25) is 0 Å². The van der Waals surface area contributed by atoms with Crippen molar-refractivity contribution in [3.8, 4) is 0 Å². The zero-order valence-electron chi connectivity index (χ0n) is 15.7. The van der Waals surface area contributed by atoms with E-state index in [1.54, 1.807) is 0 Å². The van der Waals surface area contributed by atoms with Crippen molar-refractivity contribution in [3.63, 3.8) is 0 Å². The molecule has 0 aromatic heterocycles. The number of aliphatic hydroxyl groups excluding tert-OH is 2. The number of rotatable bonds is 12. The van der Waals surface area contributed by atoms with Gasteiger partial charge in [-0.1, -0.05) is 13.2 Å². The topological polar surface area (TPSA) is 146 Å². The van der Waals surface area contributed by atoms with Crippen LogP contribution in [0.1, 0.15) is 13.8 Å². The summed E-state index contributed by atoms with van der Waals surface area (Å²) in [6, 6.07) is 0. The highest BCUT2D eigenvalue weighted by Crippen LogP contribution is 2.09. The van der Waals surface area contributed by atoms with Gasteiger partial charge in [-0.25, -0.2) is 19.2 Å². The van der Waals surface area contributed by atoms with E-state index in [-0.39, 0.29) is 11.1 Å². The van der Waals surface area contributed by atoms with Crippen molar-refractivity contribution in [2.24, 2.45) is 0 Å². The highest BCUT2D eigenvalue weighted by Gasteiger charge is 2.19. The van der Waals surface area contributed by atoms with Gasteiger partial charge < -0.3 is 29.2 Å². The highest BCUT2D eigenvalue weighted by molar-refractivity contribution is 5.99. The van der Waals surface area contributed by atoms with Gasteiger partial charge in [0.15, 0.2) is 0 Å². The van der Waals surface area contributed by atoms with Crippen molar-refractivity contribution in [2.75, 3.05) is 26.4 Å². The largest absolute Gasteiger partial charge is 0.460 e. The Morgan fingerprint density at radius 2 is 1.00 bits per heavy atom. The van der Waals surface area contributed by atoms with Gasteiger partial charge in [0.1, 0.15) is 38.6 Å². The Labute approximate surface area is 162 Å². The molecule has 10 nitrogen and oxygen atoms in total. The average Bonchev–Trinajstić information content (AvgIpc) is 2.70. The summed E-state index contributed by atoms with van der Waals surface area (Å²) in [5.74, 6) is -3.24. The highest BCUT2D eigenvalue weighted by atomic mass is 16.6. The van der Waals surface area contributed by atoms with Crippen molar-refractivity contribution in [2.45, 2.75) is 26.1 Å². The number of carbonyl (C=O) groups excluding carboxylic acids is 4. The minimum absolute atomic E-state index is 0.0761. The van der Waals surface area contributed by atoms with E-state index in [2.05, 4.69) is 22.6 Å². The molecule has 0 amide bonds. The molecular formula is C18H24O10. The Balaban J connectivity index is 4.45. The van der Waals surface area contributed by atoms with Crippen molar-refractivity contribution >= 4 is 23.9 Å². The summed E-state index contributed by atoms with van der Waals surface area (Å²) in [5, 5.41) is 19.1. The Kier molecular flexibility index (Phi) is 11.8. The van der Waals surface area contributed by atoms with E-state index in [1.807, 2.05) is 0 Å². The summed E-state index contributed by atoms with van der Waals surface area (Å²) in [6.45, 7) is 7.29. The first kappa shape index (κ1) is 25.0. The van der Waals surface area contributed by atoms with Gasteiger partial charge in [0, 0.05) is 23.3 Å². The van der Waals surface area contributed by atoms with Crippen LogP contribution in [0.5, 0.6) is 0 Å². The van der Waals surface area contributed by atoms with Crippen LogP contribution in [0.4, 0.5) is 0 Å². The molecule has 0 aliphatic rings. The number of esters is 4. The van der Waals surface area contributed by atoms with Crippen LogP contribution in [0, 0.1) is 0 Å². The lowest BCUT2D eigenvalue weighted by molar-refractivity contribution is -0.149. The monoisotopic (exact) mass is 400 g/mol. The van der Waals surface area contributed by atoms with Crippen LogP contribution in [0.3, 0.4) is 0 Å². The van der Waals surface area contributed by atoms with Gasteiger partial charge in [0.05, 0.1) is 0 Å². The summed E-state index contributed by atoms with van der Waals surface area (Å²) < 4.78 is 18.8. The molecule has 0 radical (unpaired) electrons. The number of ether oxygens (including phenoxy) is 4. The van der Waals surface area contributed by atoms with Gasteiger partial charge in [0.2, 0.25) is 0 Å². The summed E-state index contributed by atoms with van der Waals surface area (Å²) >= 11 is 0. The van der Waals surface area contributed by atoms with Crippen molar-refractivity contribution < 1.29 is 48.3 Å². The molecule has 2 atom stereocenters. The second kappa shape index (κ2) is 13.2. The van der Waals surface area contributed by atoms with Crippen LogP contribution in [0.15, 0.2) is 36.5 Å². The van der Waals surface area contributed by atoms with Gasteiger partial charge in [-0.15, -0.1) is 0 Å². The first-order chi connectivity index (χ1) is 13.1. The first-order valence-electron chi connectivity index (χ1n) is 8.08. The zero-order valence-corrected chi connectivity index (χ0v) is 15.7. The Morgan fingerprint density at radius 1 is 0.714 bits per heavy atom. The molecule has 10 heteroatoms. The van der Waals surface area contributed by atoms with Crippen molar-refractivity contribution in [1.29, 1.82) is 0 Å². The molecule has 0 aliphatic carbocycles. The second-order valence-electron chi connectivity index (χ2n) is 5.42. The Bertz CT molecular complexity index is 580. The van der Waals surface area contributed by atoms with E-state index in [0.717, 1.165) is 12.2 Å². The van der Waals surface area contributed by atoms with E-state index >= 15 is 0 Å². The summed E-state index contributed by atoms with van der Waals surface area (Å²) in [4.78, 5) is 45.5. The fourth-order valence-corrected chi connectivity index (χ4v) is 1.44. The predicted molar refractivity (Wildman–Crippen MR) is 94.6 cm³/mol. The molecule has 0 heterocycles. The lowest BCUT2D eigenvalue weighted by Crippen LogP contribution is -2.27. The lowest BCUT2D eigenvalue weighted by Gasteiger charge is -2.13. The van der Waals surface area contributed by atoms with Gasteiger partial charge in [-0.2, -0.15) is 0 Å². The summed E-state index contributed by atoms with van der Waals surface area (Å²) in [5.41, 5.74) is -0.152. The third-order valence-electron chi connectivity index (χ3n) is 3.16. The van der Waals surface area contributed by atoms with Crippen LogP contribution in [0.25, 0.3) is 0 Å². The maximum atomic E-state index is 11.9. The molecule has 0 aliphatic heterocycles. The molecule has 2 N–H and O–H groups in total. The number of hydrogen-bond acceptors (Lipinski definition) is 10. The maximum Gasteiger partial charge on any atom is 0.334 e. The molecular weight excluding hydrogens is 376 g/mol. The molecule has 0 saturated heterocycles. The molecule has 28 heavy (non-hydrogen) atoms. The third-order valence-corrected chi connectivity index (χ3v) is 3.16. The van der Waals surface area contributed by atoms with Crippen LogP contribution >= 0.6 is 0 Å². The molecule has 0 bridgehead atoms. The fourth-order valence-electron chi connectivity index (χ4n) is 1.44. The lowest BCUT2D eigenvalue weighted by atomic mass is 10.1. The molecule has 0 aromatic rings. The van der Waals surface area contributed by atoms with E-state index in [1.165, 1.54) is 13.8 Å². The number of aliphatic hydroxyl groups is 2. The van der Waals surface area contributed by atoms with Crippen molar-refractivity contribution in [1.82, 2.24) is 0 Å². The first-order valence-corrected chi connectivity index (χ1v) is 8.08. The molecule has 2 unspecified atom stereocenters. The summed E-state index contributed by atoms with van der Waals surface area (Å²) in [7, 11) is 0. The van der Waals surface area contributed by atoms with Crippen LogP contribution in [-0.2, 0) is 38.1 Å². The van der Waals surface area contributed by atoms with Gasteiger partial charge >= 0.3 is 23.9 Å². The maximum absolute atomic E-state index is 11.9. The second-order valence-corrected chi connectivity index (χ2v) is 5.42. The molecule has 0 fully saturated rings. The SMILES string of the molecule is C=CC(=O)OCC(O)COC(=O)/C(C)=C(/C)C(=O)OCC(O)COC(=O)C=C. The smallest absolute Gasteiger partial charge is 0.334 e. The van der Waals surface area contributed by atoms with E-state index in [4.69, 9.17) is 9.47 Å². The van der Waals surface area contributed by atoms with Gasteiger partial charge in [0.25, 0.3) is 0 Å². The molecule has 156 valence electrons. The molecule has 0 rings (SSSR count). The van der Waals surface area contributed by atoms with Crippen LogP contribution < -0.4 is 0 Å². The quantitative estimate of drug-likeness (QED) is 0.252. The third kappa shape index (κ3) is 10.2. The normalized spacial score (nSPS) is 13.3. The molecule has 0 spiro atoms. The van der Waals surface area contributed by atoms with E-state index in [0.29, 0.717) is 0 Å². The van der Waals surface area contributed by atoms with Gasteiger partial charge in [-0.05, 0) is 13.8 Å². The zero-order chi connectivity index (χ0) is 21.7. The Morgan fingerprint density at radius 3 is 1.29 bits per heavy atom.